The summed E-state index contributed by atoms with van der Waals surface area (Å²) < 4.78 is 12.4. The number of aryl methyl sites for hydroxylation is 2. The molecule has 3 aromatic rings. The molecular formula is C27H27BrN2O3S. The van der Waals surface area contributed by atoms with Crippen molar-refractivity contribution < 1.29 is 14.3 Å². The molecule has 4 rings (SSSR count). The highest BCUT2D eigenvalue weighted by Gasteiger charge is 2.27. The molecule has 0 unspecified atom stereocenters. The topological polar surface area (TPSA) is 59.6 Å². The zero-order valence-corrected chi connectivity index (χ0v) is 21.8. The van der Waals surface area contributed by atoms with E-state index in [0.29, 0.717) is 23.0 Å². The second-order valence-electron chi connectivity index (χ2n) is 7.97. The number of ether oxygens (including phenoxy) is 2. The van der Waals surface area contributed by atoms with E-state index in [-0.39, 0.29) is 11.4 Å². The second kappa shape index (κ2) is 11.0. The van der Waals surface area contributed by atoms with Gasteiger partial charge in [-0.15, -0.1) is 0 Å². The largest absolute Gasteiger partial charge is 0.493 e. The first kappa shape index (κ1) is 24.2. The third-order valence-electron chi connectivity index (χ3n) is 5.48. The SMILES string of the molecule is CCc1ccc(N[C@@H]2NC(=O)/C(=C/c3cc(OC)c(OCc4ccc(C)cc4)cc3Br)S2)cc1. The highest BCUT2D eigenvalue weighted by atomic mass is 79.9. The van der Waals surface area contributed by atoms with Crippen LogP contribution in [0.25, 0.3) is 6.08 Å². The Morgan fingerprint density at radius 2 is 1.76 bits per heavy atom. The molecule has 0 radical (unpaired) electrons. The Bertz CT molecular complexity index is 1190. The minimum Gasteiger partial charge on any atom is -0.493 e. The van der Waals surface area contributed by atoms with Crippen molar-refractivity contribution in [1.82, 2.24) is 5.32 Å². The van der Waals surface area contributed by atoms with Crippen LogP contribution in [-0.4, -0.2) is 18.5 Å². The third kappa shape index (κ3) is 5.96. The highest BCUT2D eigenvalue weighted by molar-refractivity contribution is 9.10. The molecule has 1 amide bonds. The molecule has 1 fully saturated rings. The molecule has 3 aromatic carbocycles. The lowest BCUT2D eigenvalue weighted by atomic mass is 10.1. The Morgan fingerprint density at radius 3 is 2.44 bits per heavy atom. The van der Waals surface area contributed by atoms with Crippen molar-refractivity contribution in [2.45, 2.75) is 32.4 Å². The number of carbonyl (C=O) groups excluding carboxylic acids is 1. The number of rotatable bonds is 8. The fourth-order valence-electron chi connectivity index (χ4n) is 3.47. The summed E-state index contributed by atoms with van der Waals surface area (Å²) >= 11 is 5.07. The van der Waals surface area contributed by atoms with Crippen molar-refractivity contribution in [2.75, 3.05) is 12.4 Å². The summed E-state index contributed by atoms with van der Waals surface area (Å²) in [5.41, 5.74) is 5.14. The Morgan fingerprint density at radius 1 is 1.06 bits per heavy atom. The van der Waals surface area contributed by atoms with Gasteiger partial charge in [0.15, 0.2) is 17.0 Å². The first-order valence-corrected chi connectivity index (χ1v) is 12.7. The van der Waals surface area contributed by atoms with Gasteiger partial charge in [0.25, 0.3) is 5.91 Å². The Labute approximate surface area is 213 Å². The molecule has 1 saturated heterocycles. The zero-order valence-electron chi connectivity index (χ0n) is 19.4. The molecule has 0 spiro atoms. The van der Waals surface area contributed by atoms with Gasteiger partial charge in [-0.25, -0.2) is 0 Å². The van der Waals surface area contributed by atoms with E-state index in [1.54, 1.807) is 7.11 Å². The van der Waals surface area contributed by atoms with E-state index in [0.717, 1.165) is 27.7 Å². The van der Waals surface area contributed by atoms with Crippen LogP contribution < -0.4 is 20.1 Å². The van der Waals surface area contributed by atoms with E-state index < -0.39 is 0 Å². The number of benzene rings is 3. The number of nitrogens with one attached hydrogen (secondary N) is 2. The normalized spacial score (nSPS) is 16.4. The molecule has 34 heavy (non-hydrogen) atoms. The summed E-state index contributed by atoms with van der Waals surface area (Å²) in [4.78, 5) is 13.2. The lowest BCUT2D eigenvalue weighted by Gasteiger charge is -2.13. The van der Waals surface area contributed by atoms with Gasteiger partial charge in [-0.2, -0.15) is 0 Å². The molecular weight excluding hydrogens is 512 g/mol. The van der Waals surface area contributed by atoms with E-state index in [4.69, 9.17) is 9.47 Å². The van der Waals surface area contributed by atoms with Crippen LogP contribution in [-0.2, 0) is 17.8 Å². The molecule has 7 heteroatoms. The molecule has 0 saturated carbocycles. The Hall–Kier alpha value is -2.90. The number of halogens is 1. The van der Waals surface area contributed by atoms with E-state index in [9.17, 15) is 4.79 Å². The first-order chi connectivity index (χ1) is 16.4. The fraction of sp³-hybridized carbons (Fsp3) is 0.222. The van der Waals surface area contributed by atoms with E-state index >= 15 is 0 Å². The molecule has 0 aliphatic carbocycles. The number of amides is 1. The standard InChI is InChI=1S/C27H27BrN2O3S/c1-4-18-9-11-21(12-10-18)29-27-30-26(31)25(34-27)14-20-13-23(32-3)24(15-22(20)28)33-16-19-7-5-17(2)6-8-19/h5-15,27,29H,4,16H2,1-3H3,(H,30,31)/b25-14-/t27-/m1/s1. The van der Waals surface area contributed by atoms with Crippen LogP contribution in [0, 0.1) is 6.92 Å². The van der Waals surface area contributed by atoms with Crippen LogP contribution in [0.1, 0.15) is 29.2 Å². The summed E-state index contributed by atoms with van der Waals surface area (Å²) in [7, 11) is 1.61. The number of hydrogen-bond acceptors (Lipinski definition) is 5. The predicted octanol–water partition coefficient (Wildman–Crippen LogP) is 6.51. The van der Waals surface area contributed by atoms with Gasteiger partial charge in [-0.1, -0.05) is 76.6 Å². The average Bonchev–Trinajstić information content (AvgIpc) is 3.18. The number of thioether (sulfide) groups is 1. The van der Waals surface area contributed by atoms with E-state index in [1.165, 1.54) is 22.9 Å². The molecule has 1 aliphatic rings. The fourth-order valence-corrected chi connectivity index (χ4v) is 4.89. The molecule has 0 aromatic heterocycles. The molecule has 1 aliphatic heterocycles. The van der Waals surface area contributed by atoms with Crippen molar-refractivity contribution in [2.24, 2.45) is 0 Å². The summed E-state index contributed by atoms with van der Waals surface area (Å²) in [6.45, 7) is 4.62. The van der Waals surface area contributed by atoms with Gasteiger partial charge >= 0.3 is 0 Å². The molecule has 2 N–H and O–H groups in total. The predicted molar refractivity (Wildman–Crippen MR) is 143 cm³/mol. The maximum absolute atomic E-state index is 12.6. The highest BCUT2D eigenvalue weighted by Crippen LogP contribution is 2.37. The van der Waals surface area contributed by atoms with Crippen LogP contribution in [0.2, 0.25) is 0 Å². The third-order valence-corrected chi connectivity index (χ3v) is 7.19. The summed E-state index contributed by atoms with van der Waals surface area (Å²) in [6, 6.07) is 20.2. The number of methoxy groups -OCH3 is 1. The number of anilines is 1. The molecule has 0 bridgehead atoms. The van der Waals surface area contributed by atoms with Gasteiger partial charge in [0.05, 0.1) is 12.0 Å². The lowest BCUT2D eigenvalue weighted by molar-refractivity contribution is -0.116. The molecule has 1 atom stereocenters. The van der Waals surface area contributed by atoms with Gasteiger partial charge in [0.1, 0.15) is 6.61 Å². The Balaban J connectivity index is 1.46. The van der Waals surface area contributed by atoms with E-state index in [2.05, 4.69) is 64.7 Å². The number of hydrogen-bond donors (Lipinski definition) is 2. The van der Waals surface area contributed by atoms with Crippen molar-refractivity contribution in [1.29, 1.82) is 0 Å². The average molecular weight is 539 g/mol. The minimum absolute atomic E-state index is 0.113. The Kier molecular flexibility index (Phi) is 7.85. The first-order valence-electron chi connectivity index (χ1n) is 11.1. The monoisotopic (exact) mass is 538 g/mol. The second-order valence-corrected chi connectivity index (χ2v) is 9.97. The van der Waals surface area contributed by atoms with Crippen LogP contribution in [0.3, 0.4) is 0 Å². The van der Waals surface area contributed by atoms with Gasteiger partial charge in [-0.3, -0.25) is 4.79 Å². The maximum Gasteiger partial charge on any atom is 0.260 e. The molecule has 176 valence electrons. The smallest absolute Gasteiger partial charge is 0.260 e. The maximum atomic E-state index is 12.6. The van der Waals surface area contributed by atoms with Gasteiger partial charge < -0.3 is 20.1 Å². The van der Waals surface area contributed by atoms with Gasteiger partial charge in [-0.05, 0) is 60.4 Å². The van der Waals surface area contributed by atoms with Crippen LogP contribution in [0.4, 0.5) is 5.69 Å². The lowest BCUT2D eigenvalue weighted by Crippen LogP contribution is -2.30. The minimum atomic E-state index is -0.232. The van der Waals surface area contributed by atoms with Crippen LogP contribution in [0.15, 0.2) is 70.0 Å². The van der Waals surface area contributed by atoms with Crippen LogP contribution in [0.5, 0.6) is 11.5 Å². The van der Waals surface area contributed by atoms with Crippen molar-refractivity contribution in [3.63, 3.8) is 0 Å². The van der Waals surface area contributed by atoms with Gasteiger partial charge in [0.2, 0.25) is 0 Å². The van der Waals surface area contributed by atoms with Crippen molar-refractivity contribution >= 4 is 45.4 Å². The number of carbonyl (C=O) groups is 1. The quantitative estimate of drug-likeness (QED) is 0.320. The van der Waals surface area contributed by atoms with Crippen LogP contribution >= 0.6 is 27.7 Å². The molecule has 5 nitrogen and oxygen atoms in total. The summed E-state index contributed by atoms with van der Waals surface area (Å²) in [6.07, 6.45) is 2.86. The van der Waals surface area contributed by atoms with E-state index in [1.807, 2.05) is 42.5 Å². The van der Waals surface area contributed by atoms with Crippen molar-refractivity contribution in [3.8, 4) is 11.5 Å². The van der Waals surface area contributed by atoms with Crippen molar-refractivity contribution in [3.05, 3.63) is 92.3 Å². The zero-order chi connectivity index (χ0) is 24.1. The molecule has 1 heterocycles. The van der Waals surface area contributed by atoms with Gasteiger partial charge in [0, 0.05) is 10.2 Å². The summed E-state index contributed by atoms with van der Waals surface area (Å²) in [5.74, 6) is 1.13. The summed E-state index contributed by atoms with van der Waals surface area (Å²) in [5, 5.41) is 6.33.